The Kier molecular flexibility index (Phi) is 5.48. The first-order valence-corrected chi connectivity index (χ1v) is 6.88. The van der Waals surface area contributed by atoms with Gasteiger partial charge in [-0.2, -0.15) is 20.5 Å². The summed E-state index contributed by atoms with van der Waals surface area (Å²) in [6.45, 7) is 7.84. The molecule has 0 aliphatic heterocycles. The molecule has 1 rings (SSSR count). The van der Waals surface area contributed by atoms with E-state index in [1.807, 2.05) is 40.1 Å². The van der Waals surface area contributed by atoms with E-state index >= 15 is 0 Å². The molecule has 6 nitrogen and oxygen atoms in total. The number of nitrogens with zero attached hydrogens (tertiary/aromatic N) is 4. The Hall–Kier alpha value is -2.60. The van der Waals surface area contributed by atoms with E-state index in [0.717, 1.165) is 0 Å². The van der Waals surface area contributed by atoms with Crippen molar-refractivity contribution in [2.75, 3.05) is 14.2 Å². The van der Waals surface area contributed by atoms with E-state index in [-0.39, 0.29) is 5.41 Å². The van der Waals surface area contributed by atoms with Crippen molar-refractivity contribution in [1.29, 1.82) is 10.5 Å². The van der Waals surface area contributed by atoms with Gasteiger partial charge >= 0.3 is 0 Å². The lowest BCUT2D eigenvalue weighted by Crippen LogP contribution is -2.32. The highest BCUT2D eigenvalue weighted by atomic mass is 16.5. The molecule has 0 aromatic carbocycles. The topological polar surface area (TPSA) is 90.8 Å². The predicted octanol–water partition coefficient (Wildman–Crippen LogP) is 3.10. The van der Waals surface area contributed by atoms with Gasteiger partial charge in [-0.05, 0) is 11.8 Å². The summed E-state index contributed by atoms with van der Waals surface area (Å²) in [5, 5.41) is 18.0. The summed E-state index contributed by atoms with van der Waals surface area (Å²) in [6, 6.07) is 0. The maximum atomic E-state index is 9.04. The van der Waals surface area contributed by atoms with Gasteiger partial charge in [-0.3, -0.25) is 0 Å². The third kappa shape index (κ3) is 3.01. The molecule has 0 heterocycles. The van der Waals surface area contributed by atoms with Gasteiger partial charge in [-0.15, -0.1) is 0 Å². The molecule has 0 spiro atoms. The smallest absolute Gasteiger partial charge is 0.206 e. The number of nitriles is 2. The van der Waals surface area contributed by atoms with E-state index < -0.39 is 0 Å². The molecule has 0 bridgehead atoms. The molecule has 0 unspecified atom stereocenters. The lowest BCUT2D eigenvalue weighted by molar-refractivity contribution is 0.290. The first-order chi connectivity index (χ1) is 10.4. The molecule has 0 N–H and O–H groups in total. The molecule has 0 fully saturated rings. The molecular formula is C16H20N4O2. The molecule has 0 saturated carbocycles. The van der Waals surface area contributed by atoms with Gasteiger partial charge in [-0.25, -0.2) is 0 Å². The fraction of sp³-hybridized carbons (Fsp3) is 0.500. The lowest BCUT2D eigenvalue weighted by Gasteiger charge is -2.32. The van der Waals surface area contributed by atoms with E-state index in [9.17, 15) is 0 Å². The minimum atomic E-state index is -0.375. The Morgan fingerprint density at radius 3 is 1.82 bits per heavy atom. The average Bonchev–Trinajstić information content (AvgIpc) is 2.46. The van der Waals surface area contributed by atoms with Gasteiger partial charge in [0.2, 0.25) is 12.4 Å². The van der Waals surface area contributed by atoms with Crippen LogP contribution in [-0.2, 0) is 9.47 Å². The van der Waals surface area contributed by atoms with E-state index in [2.05, 4.69) is 9.98 Å². The summed E-state index contributed by atoms with van der Waals surface area (Å²) < 4.78 is 11.0. The molecule has 0 aromatic heterocycles. The van der Waals surface area contributed by atoms with Gasteiger partial charge in [-0.1, -0.05) is 27.7 Å². The molecule has 0 atom stereocenters. The summed E-state index contributed by atoms with van der Waals surface area (Å²) >= 11 is 0. The summed E-state index contributed by atoms with van der Waals surface area (Å²) in [4.78, 5) is 7.85. The van der Waals surface area contributed by atoms with Crippen molar-refractivity contribution >= 4 is 11.4 Å². The number of hydrogen-bond donors (Lipinski definition) is 0. The molecule has 6 heteroatoms. The summed E-state index contributed by atoms with van der Waals surface area (Å²) in [6.07, 6.45) is 4.20. The van der Waals surface area contributed by atoms with E-state index in [1.165, 1.54) is 14.2 Å². The van der Waals surface area contributed by atoms with Crippen LogP contribution in [0.5, 0.6) is 0 Å². The van der Waals surface area contributed by atoms with Crippen molar-refractivity contribution in [3.8, 4) is 12.4 Å². The fourth-order valence-electron chi connectivity index (χ4n) is 2.49. The van der Waals surface area contributed by atoms with Crippen LogP contribution in [0.2, 0.25) is 0 Å². The second-order valence-corrected chi connectivity index (χ2v) is 5.64. The number of aliphatic imine (C=N–C) groups is 2. The Balaban J connectivity index is 3.91. The van der Waals surface area contributed by atoms with E-state index in [4.69, 9.17) is 20.0 Å². The zero-order chi connectivity index (χ0) is 16.9. The normalized spacial score (nSPS) is 19.3. The number of ether oxygens (including phenoxy) is 2. The summed E-state index contributed by atoms with van der Waals surface area (Å²) in [5.74, 6) is 0.921. The third-order valence-electron chi connectivity index (χ3n) is 3.29. The number of hydrogen-bond acceptors (Lipinski definition) is 6. The summed E-state index contributed by atoms with van der Waals surface area (Å²) in [7, 11) is 3.03. The van der Waals surface area contributed by atoms with Crippen LogP contribution in [0.1, 0.15) is 34.1 Å². The molecule has 1 aliphatic rings. The SMILES string of the molecule is CCC1=C(OC)C(=NC#N)C(C(C)(C)C)=C(OC)C1=NC#N. The molecule has 0 saturated heterocycles. The number of allylic oxidation sites excluding steroid dienone is 2. The van der Waals surface area contributed by atoms with Gasteiger partial charge in [0.25, 0.3) is 0 Å². The number of rotatable bonds is 3. The van der Waals surface area contributed by atoms with Gasteiger partial charge in [0.15, 0.2) is 11.5 Å². The maximum absolute atomic E-state index is 9.04. The molecule has 116 valence electrons. The van der Waals surface area contributed by atoms with E-state index in [0.29, 0.717) is 40.5 Å². The highest BCUT2D eigenvalue weighted by Crippen LogP contribution is 2.38. The molecular weight excluding hydrogens is 280 g/mol. The largest absolute Gasteiger partial charge is 0.494 e. The first kappa shape index (κ1) is 17.5. The van der Waals surface area contributed by atoms with Crippen molar-refractivity contribution < 1.29 is 9.47 Å². The second-order valence-electron chi connectivity index (χ2n) is 5.64. The molecule has 0 amide bonds. The van der Waals surface area contributed by atoms with Gasteiger partial charge in [0, 0.05) is 11.1 Å². The Morgan fingerprint density at radius 1 is 0.955 bits per heavy atom. The van der Waals surface area contributed by atoms with Crippen molar-refractivity contribution in [1.82, 2.24) is 0 Å². The standard InChI is InChI=1S/C16H20N4O2/c1-7-10-12(19-8-17)15(22-6)11(16(2,3)4)13(20-9-18)14(10)21-5/h7H2,1-6H3. The molecule has 1 aliphatic carbocycles. The van der Waals surface area contributed by atoms with Crippen LogP contribution in [0.25, 0.3) is 0 Å². The minimum absolute atomic E-state index is 0.375. The monoisotopic (exact) mass is 300 g/mol. The number of methoxy groups -OCH3 is 2. The highest BCUT2D eigenvalue weighted by molar-refractivity contribution is 6.28. The van der Waals surface area contributed by atoms with Crippen LogP contribution in [0.15, 0.2) is 32.6 Å². The molecule has 22 heavy (non-hydrogen) atoms. The fourth-order valence-corrected chi connectivity index (χ4v) is 2.49. The van der Waals surface area contributed by atoms with Crippen LogP contribution in [0.4, 0.5) is 0 Å². The maximum Gasteiger partial charge on any atom is 0.206 e. The zero-order valence-electron chi connectivity index (χ0n) is 13.8. The van der Waals surface area contributed by atoms with Crippen LogP contribution < -0.4 is 0 Å². The second kappa shape index (κ2) is 6.91. The Labute approximate surface area is 131 Å². The van der Waals surface area contributed by atoms with E-state index in [1.54, 1.807) is 0 Å². The van der Waals surface area contributed by atoms with Crippen LogP contribution in [0, 0.1) is 28.3 Å². The van der Waals surface area contributed by atoms with Crippen molar-refractivity contribution in [3.63, 3.8) is 0 Å². The Bertz CT molecular complexity index is 662. The average molecular weight is 300 g/mol. The lowest BCUT2D eigenvalue weighted by atomic mass is 9.77. The van der Waals surface area contributed by atoms with Crippen molar-refractivity contribution in [2.24, 2.45) is 15.4 Å². The van der Waals surface area contributed by atoms with Crippen LogP contribution in [0.3, 0.4) is 0 Å². The van der Waals surface area contributed by atoms with Crippen molar-refractivity contribution in [2.45, 2.75) is 34.1 Å². The minimum Gasteiger partial charge on any atom is -0.494 e. The Morgan fingerprint density at radius 2 is 1.45 bits per heavy atom. The first-order valence-electron chi connectivity index (χ1n) is 6.88. The van der Waals surface area contributed by atoms with Crippen LogP contribution in [-0.4, -0.2) is 25.6 Å². The van der Waals surface area contributed by atoms with Gasteiger partial charge in [0.1, 0.15) is 11.4 Å². The third-order valence-corrected chi connectivity index (χ3v) is 3.29. The highest BCUT2D eigenvalue weighted by Gasteiger charge is 2.38. The molecule has 0 aromatic rings. The zero-order valence-corrected chi connectivity index (χ0v) is 13.8. The molecule has 0 radical (unpaired) electrons. The summed E-state index contributed by atoms with van der Waals surface area (Å²) in [5.41, 5.74) is 1.89. The van der Waals surface area contributed by atoms with Crippen LogP contribution >= 0.6 is 0 Å². The quantitative estimate of drug-likeness (QED) is 0.591. The van der Waals surface area contributed by atoms with Crippen molar-refractivity contribution in [3.05, 3.63) is 22.7 Å². The van der Waals surface area contributed by atoms with Gasteiger partial charge in [0.05, 0.1) is 14.2 Å². The van der Waals surface area contributed by atoms with Gasteiger partial charge < -0.3 is 9.47 Å². The predicted molar refractivity (Wildman–Crippen MR) is 83.9 cm³/mol.